The van der Waals surface area contributed by atoms with E-state index in [2.05, 4.69) is 5.32 Å². The first-order chi connectivity index (χ1) is 7.46. The van der Waals surface area contributed by atoms with Gasteiger partial charge in [-0.1, -0.05) is 12.8 Å². The third-order valence-corrected chi connectivity index (χ3v) is 2.99. The number of aliphatic hydroxyl groups excluding tert-OH is 1. The lowest BCUT2D eigenvalue weighted by atomic mass is 9.81. The highest BCUT2D eigenvalue weighted by Gasteiger charge is 2.44. The van der Waals surface area contributed by atoms with Crippen LogP contribution < -0.4 is 5.32 Å². The van der Waals surface area contributed by atoms with Gasteiger partial charge < -0.3 is 20.3 Å². The van der Waals surface area contributed by atoms with Gasteiger partial charge in [-0.3, -0.25) is 10.1 Å². The highest BCUT2D eigenvalue weighted by Crippen LogP contribution is 2.26. The lowest BCUT2D eigenvalue weighted by molar-refractivity contribution is -0.144. The van der Waals surface area contributed by atoms with E-state index in [1.165, 1.54) is 0 Å². The highest BCUT2D eigenvalue weighted by molar-refractivity contribution is 6.40. The Kier molecular flexibility index (Phi) is 4.73. The van der Waals surface area contributed by atoms with Crippen molar-refractivity contribution >= 4 is 13.1 Å². The number of carboxylic acid groups (broad SMARTS) is 1. The number of rotatable bonds is 6. The molecule has 0 aliphatic carbocycles. The van der Waals surface area contributed by atoms with Crippen molar-refractivity contribution in [2.24, 2.45) is 0 Å². The van der Waals surface area contributed by atoms with E-state index in [4.69, 9.17) is 15.2 Å². The summed E-state index contributed by atoms with van der Waals surface area (Å²) in [6.45, 7) is 0.301. The third kappa shape index (κ3) is 3.45. The molecule has 1 rings (SSSR count). The average Bonchev–Trinajstić information content (AvgIpc) is 2.56. The zero-order valence-electron chi connectivity index (χ0n) is 9.09. The molecule has 0 aromatic heterocycles. The Morgan fingerprint density at radius 2 is 2.12 bits per heavy atom. The molecule has 7 heteroatoms. The minimum atomic E-state index is -1.33. The zero-order chi connectivity index (χ0) is 12.2. The van der Waals surface area contributed by atoms with Crippen LogP contribution in [0.2, 0.25) is 6.32 Å². The van der Waals surface area contributed by atoms with Crippen molar-refractivity contribution in [1.82, 2.24) is 5.32 Å². The van der Waals surface area contributed by atoms with Crippen LogP contribution in [-0.4, -0.2) is 51.5 Å². The Bertz CT molecular complexity index is 250. The molecular weight excluding hydrogens is 213 g/mol. The molecule has 2 atom stereocenters. The molecule has 5 N–H and O–H groups in total. The van der Waals surface area contributed by atoms with E-state index in [-0.39, 0.29) is 12.7 Å². The van der Waals surface area contributed by atoms with Crippen LogP contribution in [0.15, 0.2) is 0 Å². The van der Waals surface area contributed by atoms with Gasteiger partial charge >= 0.3 is 13.1 Å². The summed E-state index contributed by atoms with van der Waals surface area (Å²) in [6.07, 6.45) is 1.39. The van der Waals surface area contributed by atoms with Crippen LogP contribution in [0.4, 0.5) is 0 Å². The standard InChI is InChI=1S/C9H18BNO5/c12-7-5-9(8(13)14,11-6-7)3-1-2-4-10(15)16/h7,11-12,15-16H,1-6H2,(H,13,14)/t7?,9-/m1/s1. The first kappa shape index (κ1) is 13.4. The Hall–Kier alpha value is -0.625. The quantitative estimate of drug-likeness (QED) is 0.290. The number of hydrogen-bond donors (Lipinski definition) is 5. The molecule has 0 amide bonds. The van der Waals surface area contributed by atoms with Crippen LogP contribution in [0.3, 0.4) is 0 Å². The number of carbonyl (C=O) groups is 1. The van der Waals surface area contributed by atoms with Crippen LogP contribution in [0.5, 0.6) is 0 Å². The number of aliphatic hydroxyl groups is 1. The highest BCUT2D eigenvalue weighted by atomic mass is 16.4. The molecule has 1 heterocycles. The summed E-state index contributed by atoms with van der Waals surface area (Å²) in [4.78, 5) is 11.1. The molecule has 6 nitrogen and oxygen atoms in total. The van der Waals surface area contributed by atoms with Crippen LogP contribution in [0, 0.1) is 0 Å². The fourth-order valence-electron chi connectivity index (χ4n) is 2.07. The smallest absolute Gasteiger partial charge is 0.451 e. The van der Waals surface area contributed by atoms with Gasteiger partial charge in [-0.15, -0.1) is 0 Å². The number of hydrogen-bond acceptors (Lipinski definition) is 5. The second-order valence-corrected chi connectivity index (χ2v) is 4.35. The van der Waals surface area contributed by atoms with Crippen LogP contribution in [0.1, 0.15) is 25.7 Å². The van der Waals surface area contributed by atoms with E-state index in [0.717, 1.165) is 0 Å². The maximum Gasteiger partial charge on any atom is 0.451 e. The van der Waals surface area contributed by atoms with Gasteiger partial charge in [0, 0.05) is 13.0 Å². The molecular formula is C9H18BNO5. The third-order valence-electron chi connectivity index (χ3n) is 2.99. The molecule has 0 radical (unpaired) electrons. The van der Waals surface area contributed by atoms with Gasteiger partial charge in [-0.2, -0.15) is 0 Å². The number of carboxylic acids is 1. The van der Waals surface area contributed by atoms with E-state index in [1.54, 1.807) is 0 Å². The summed E-state index contributed by atoms with van der Waals surface area (Å²) in [5, 5.41) is 38.6. The van der Waals surface area contributed by atoms with E-state index in [0.29, 0.717) is 25.8 Å². The van der Waals surface area contributed by atoms with E-state index >= 15 is 0 Å². The molecule has 0 bridgehead atoms. The average molecular weight is 231 g/mol. The topological polar surface area (TPSA) is 110 Å². The normalized spacial score (nSPS) is 29.3. The molecule has 92 valence electrons. The number of unbranched alkanes of at least 4 members (excludes halogenated alkanes) is 1. The molecule has 0 spiro atoms. The Morgan fingerprint density at radius 3 is 2.56 bits per heavy atom. The van der Waals surface area contributed by atoms with Crippen LogP contribution in [-0.2, 0) is 4.79 Å². The summed E-state index contributed by atoms with van der Waals surface area (Å²) < 4.78 is 0. The van der Waals surface area contributed by atoms with Gasteiger partial charge in [-0.05, 0) is 12.7 Å². The number of nitrogens with one attached hydrogen (secondary N) is 1. The predicted molar refractivity (Wildman–Crippen MR) is 57.8 cm³/mol. The molecule has 1 fully saturated rings. The molecule has 0 saturated carbocycles. The van der Waals surface area contributed by atoms with Gasteiger partial charge in [0.2, 0.25) is 0 Å². The van der Waals surface area contributed by atoms with Crippen molar-refractivity contribution in [3.8, 4) is 0 Å². The summed E-state index contributed by atoms with van der Waals surface area (Å²) >= 11 is 0. The summed E-state index contributed by atoms with van der Waals surface area (Å²) in [5.41, 5.74) is -1.04. The molecule has 1 aliphatic rings. The lowest BCUT2D eigenvalue weighted by Crippen LogP contribution is -2.47. The van der Waals surface area contributed by atoms with Crippen molar-refractivity contribution in [2.75, 3.05) is 6.54 Å². The summed E-state index contributed by atoms with van der Waals surface area (Å²) in [5.74, 6) is -0.950. The maximum absolute atomic E-state index is 11.1. The van der Waals surface area contributed by atoms with Crippen molar-refractivity contribution < 1.29 is 25.1 Å². The van der Waals surface area contributed by atoms with Gasteiger partial charge in [0.05, 0.1) is 6.10 Å². The van der Waals surface area contributed by atoms with E-state index in [9.17, 15) is 9.90 Å². The van der Waals surface area contributed by atoms with Gasteiger partial charge in [0.15, 0.2) is 0 Å². The first-order valence-electron chi connectivity index (χ1n) is 5.49. The van der Waals surface area contributed by atoms with Gasteiger partial charge in [-0.25, -0.2) is 0 Å². The minimum Gasteiger partial charge on any atom is -0.480 e. The molecule has 0 aromatic carbocycles. The fourth-order valence-corrected chi connectivity index (χ4v) is 2.07. The van der Waals surface area contributed by atoms with Crippen molar-refractivity contribution in [3.63, 3.8) is 0 Å². The van der Waals surface area contributed by atoms with Gasteiger partial charge in [0.25, 0.3) is 0 Å². The maximum atomic E-state index is 11.1. The monoisotopic (exact) mass is 231 g/mol. The molecule has 16 heavy (non-hydrogen) atoms. The van der Waals surface area contributed by atoms with E-state index in [1.807, 2.05) is 0 Å². The zero-order valence-corrected chi connectivity index (χ0v) is 9.09. The Balaban J connectivity index is 2.38. The Morgan fingerprint density at radius 1 is 1.44 bits per heavy atom. The van der Waals surface area contributed by atoms with Crippen molar-refractivity contribution in [3.05, 3.63) is 0 Å². The van der Waals surface area contributed by atoms with Crippen LogP contribution >= 0.6 is 0 Å². The summed E-state index contributed by atoms with van der Waals surface area (Å²) in [7, 11) is -1.33. The van der Waals surface area contributed by atoms with Gasteiger partial charge in [0.1, 0.15) is 5.54 Å². The largest absolute Gasteiger partial charge is 0.480 e. The molecule has 1 saturated heterocycles. The van der Waals surface area contributed by atoms with Crippen LogP contribution in [0.25, 0.3) is 0 Å². The second-order valence-electron chi connectivity index (χ2n) is 4.35. The molecule has 1 aliphatic heterocycles. The number of β-amino-alcohol motifs (C(OH)–C–C–N with tert-alkyl or cyclic N) is 1. The molecule has 1 unspecified atom stereocenters. The molecule has 0 aromatic rings. The Labute approximate surface area is 94.4 Å². The summed E-state index contributed by atoms with van der Waals surface area (Å²) in [6, 6.07) is 0. The lowest BCUT2D eigenvalue weighted by Gasteiger charge is -2.24. The second kappa shape index (κ2) is 5.63. The SMILES string of the molecule is O=C(O)[C@@]1(CCCCB(O)O)CC(O)CN1. The van der Waals surface area contributed by atoms with E-state index < -0.39 is 24.7 Å². The number of aliphatic carboxylic acids is 1. The minimum absolute atomic E-state index is 0.212. The first-order valence-corrected chi connectivity index (χ1v) is 5.49. The van der Waals surface area contributed by atoms with Crippen molar-refractivity contribution in [2.45, 2.75) is 43.6 Å². The van der Waals surface area contributed by atoms with Crippen molar-refractivity contribution in [1.29, 1.82) is 0 Å². The fraction of sp³-hybridized carbons (Fsp3) is 0.889. The predicted octanol–water partition coefficient (Wildman–Crippen LogP) is -1.19.